The third kappa shape index (κ3) is 3.35. The second-order valence-corrected chi connectivity index (χ2v) is 3.23. The zero-order valence-electron chi connectivity index (χ0n) is 9.40. The van der Waals surface area contributed by atoms with Crippen LogP contribution in [-0.4, -0.2) is 36.5 Å². The summed E-state index contributed by atoms with van der Waals surface area (Å²) in [4.78, 5) is 21.0. The number of nitrogens with one attached hydrogen (secondary N) is 2. The Balaban J connectivity index is 2.58. The van der Waals surface area contributed by atoms with Crippen LogP contribution in [0.2, 0.25) is 0 Å². The molecule has 7 heteroatoms. The van der Waals surface area contributed by atoms with E-state index in [1.807, 2.05) is 11.9 Å². The van der Waals surface area contributed by atoms with Crippen LogP contribution >= 0.6 is 0 Å². The Kier molecular flexibility index (Phi) is 4.46. The van der Waals surface area contributed by atoms with E-state index in [4.69, 9.17) is 5.84 Å². The number of hydrazine groups is 1. The number of carbonyl (C=O) groups is 1. The minimum Gasteiger partial charge on any atom is -0.359 e. The van der Waals surface area contributed by atoms with Gasteiger partial charge in [0.15, 0.2) is 0 Å². The normalized spacial score (nSPS) is 9.69. The minimum atomic E-state index is -0.00178. The summed E-state index contributed by atoms with van der Waals surface area (Å²) in [7, 11) is 3.47. The molecule has 1 aromatic rings. The van der Waals surface area contributed by atoms with Crippen LogP contribution in [0.15, 0.2) is 12.3 Å². The Morgan fingerprint density at radius 1 is 1.62 bits per heavy atom. The summed E-state index contributed by atoms with van der Waals surface area (Å²) in [6, 6.07) is 1.75. The van der Waals surface area contributed by atoms with Crippen LogP contribution in [0.25, 0.3) is 0 Å². The van der Waals surface area contributed by atoms with Gasteiger partial charge in [0.05, 0.1) is 0 Å². The standard InChI is InChI=1S/C9H16N6O/c1-11-8(16)4-6-15(2)7-3-5-12-9(13-7)14-10/h3,5H,4,6,10H2,1-2H3,(H,11,16)(H,12,13,14). The van der Waals surface area contributed by atoms with E-state index < -0.39 is 0 Å². The van der Waals surface area contributed by atoms with Crippen LogP contribution in [0.4, 0.5) is 11.8 Å². The number of nitrogen functional groups attached to an aromatic ring is 1. The molecule has 1 heterocycles. The smallest absolute Gasteiger partial charge is 0.239 e. The molecule has 1 amide bonds. The van der Waals surface area contributed by atoms with E-state index in [1.165, 1.54) is 0 Å². The van der Waals surface area contributed by atoms with Gasteiger partial charge < -0.3 is 10.2 Å². The number of amides is 1. The lowest BCUT2D eigenvalue weighted by Crippen LogP contribution is -2.27. The molecular weight excluding hydrogens is 208 g/mol. The number of anilines is 2. The summed E-state index contributed by atoms with van der Waals surface area (Å²) in [5, 5.41) is 2.56. The molecule has 7 nitrogen and oxygen atoms in total. The van der Waals surface area contributed by atoms with Crippen molar-refractivity contribution in [3.63, 3.8) is 0 Å². The van der Waals surface area contributed by atoms with E-state index >= 15 is 0 Å². The first kappa shape index (κ1) is 12.2. The Morgan fingerprint density at radius 2 is 2.38 bits per heavy atom. The summed E-state index contributed by atoms with van der Waals surface area (Å²) in [6.07, 6.45) is 2.02. The molecule has 0 radical (unpaired) electrons. The number of rotatable bonds is 5. The van der Waals surface area contributed by atoms with Gasteiger partial charge in [0.2, 0.25) is 11.9 Å². The van der Waals surface area contributed by atoms with Crippen molar-refractivity contribution in [3.8, 4) is 0 Å². The monoisotopic (exact) mass is 224 g/mol. The van der Waals surface area contributed by atoms with Gasteiger partial charge in [0.25, 0.3) is 0 Å². The predicted octanol–water partition coefficient (Wildman–Crippen LogP) is -0.665. The summed E-state index contributed by atoms with van der Waals surface area (Å²) in [5.41, 5.74) is 2.37. The van der Waals surface area contributed by atoms with Gasteiger partial charge >= 0.3 is 0 Å². The quantitative estimate of drug-likeness (QED) is 0.453. The molecule has 0 atom stereocenters. The number of hydrogen-bond donors (Lipinski definition) is 3. The van der Waals surface area contributed by atoms with E-state index in [-0.39, 0.29) is 5.91 Å². The molecule has 0 saturated carbocycles. The van der Waals surface area contributed by atoms with Crippen LogP contribution in [-0.2, 0) is 4.79 Å². The van der Waals surface area contributed by atoms with Crippen LogP contribution in [0.3, 0.4) is 0 Å². The minimum absolute atomic E-state index is 0.00178. The highest BCUT2D eigenvalue weighted by Gasteiger charge is 2.06. The molecule has 1 aromatic heterocycles. The molecule has 0 fully saturated rings. The van der Waals surface area contributed by atoms with Gasteiger partial charge in [-0.1, -0.05) is 0 Å². The molecule has 88 valence electrons. The fourth-order valence-electron chi connectivity index (χ4n) is 1.14. The van der Waals surface area contributed by atoms with E-state index in [0.29, 0.717) is 24.7 Å². The Bertz CT molecular complexity index is 356. The molecule has 0 aliphatic rings. The number of carbonyl (C=O) groups excluding carboxylic acids is 1. The maximum atomic E-state index is 11.1. The third-order valence-corrected chi connectivity index (χ3v) is 2.11. The largest absolute Gasteiger partial charge is 0.359 e. The molecule has 1 rings (SSSR count). The SMILES string of the molecule is CNC(=O)CCN(C)c1ccnc(NN)n1. The molecule has 0 aliphatic carbocycles. The van der Waals surface area contributed by atoms with Crippen LogP contribution in [0.5, 0.6) is 0 Å². The summed E-state index contributed by atoms with van der Waals surface area (Å²) in [5.74, 6) is 6.27. The number of nitrogens with two attached hydrogens (primary N) is 1. The van der Waals surface area contributed by atoms with Gasteiger partial charge in [0, 0.05) is 33.3 Å². The van der Waals surface area contributed by atoms with Gasteiger partial charge in [-0.05, 0) is 6.07 Å². The lowest BCUT2D eigenvalue weighted by atomic mass is 10.3. The molecule has 0 aromatic carbocycles. The Labute approximate surface area is 94.0 Å². The zero-order chi connectivity index (χ0) is 12.0. The Morgan fingerprint density at radius 3 is 3.00 bits per heavy atom. The average molecular weight is 224 g/mol. The molecular formula is C9H16N6O. The van der Waals surface area contributed by atoms with Crippen molar-refractivity contribution >= 4 is 17.7 Å². The van der Waals surface area contributed by atoms with Crippen molar-refractivity contribution in [3.05, 3.63) is 12.3 Å². The van der Waals surface area contributed by atoms with Crippen LogP contribution in [0, 0.1) is 0 Å². The molecule has 0 spiro atoms. The fourth-order valence-corrected chi connectivity index (χ4v) is 1.14. The molecule has 4 N–H and O–H groups in total. The van der Waals surface area contributed by atoms with Gasteiger partial charge in [-0.3, -0.25) is 10.2 Å². The predicted molar refractivity (Wildman–Crippen MR) is 61.8 cm³/mol. The fraction of sp³-hybridized carbons (Fsp3) is 0.444. The number of aromatic nitrogens is 2. The maximum Gasteiger partial charge on any atom is 0.239 e. The van der Waals surface area contributed by atoms with E-state index in [1.54, 1.807) is 19.3 Å². The van der Waals surface area contributed by atoms with Gasteiger partial charge in [-0.15, -0.1) is 0 Å². The lowest BCUT2D eigenvalue weighted by Gasteiger charge is -2.17. The van der Waals surface area contributed by atoms with E-state index in [9.17, 15) is 4.79 Å². The van der Waals surface area contributed by atoms with Crippen molar-refractivity contribution in [1.82, 2.24) is 15.3 Å². The first-order chi connectivity index (χ1) is 7.67. The highest BCUT2D eigenvalue weighted by molar-refractivity contribution is 5.76. The van der Waals surface area contributed by atoms with Crippen molar-refractivity contribution < 1.29 is 4.79 Å². The molecule has 0 unspecified atom stereocenters. The topological polar surface area (TPSA) is 96.2 Å². The summed E-state index contributed by atoms with van der Waals surface area (Å²) >= 11 is 0. The summed E-state index contributed by atoms with van der Waals surface area (Å²) < 4.78 is 0. The van der Waals surface area contributed by atoms with E-state index in [2.05, 4.69) is 20.7 Å². The van der Waals surface area contributed by atoms with Gasteiger partial charge in [-0.25, -0.2) is 10.8 Å². The van der Waals surface area contributed by atoms with Crippen molar-refractivity contribution in [2.24, 2.45) is 5.84 Å². The highest BCUT2D eigenvalue weighted by Crippen LogP contribution is 2.09. The Hall–Kier alpha value is -1.89. The molecule has 16 heavy (non-hydrogen) atoms. The molecule has 0 saturated heterocycles. The van der Waals surface area contributed by atoms with Gasteiger partial charge in [-0.2, -0.15) is 4.98 Å². The van der Waals surface area contributed by atoms with Gasteiger partial charge in [0.1, 0.15) is 5.82 Å². The van der Waals surface area contributed by atoms with Crippen molar-refractivity contribution in [2.45, 2.75) is 6.42 Å². The van der Waals surface area contributed by atoms with Crippen molar-refractivity contribution in [2.75, 3.05) is 31.0 Å². The first-order valence-corrected chi connectivity index (χ1v) is 4.88. The van der Waals surface area contributed by atoms with Crippen molar-refractivity contribution in [1.29, 1.82) is 0 Å². The zero-order valence-corrected chi connectivity index (χ0v) is 9.40. The van der Waals surface area contributed by atoms with E-state index in [0.717, 1.165) is 0 Å². The summed E-state index contributed by atoms with van der Waals surface area (Å²) in [6.45, 7) is 0.584. The molecule has 0 aliphatic heterocycles. The highest BCUT2D eigenvalue weighted by atomic mass is 16.1. The third-order valence-electron chi connectivity index (χ3n) is 2.11. The maximum absolute atomic E-state index is 11.1. The second kappa shape index (κ2) is 5.86. The van der Waals surface area contributed by atoms with Crippen LogP contribution < -0.4 is 21.5 Å². The first-order valence-electron chi connectivity index (χ1n) is 4.88. The number of nitrogens with zero attached hydrogens (tertiary/aromatic N) is 3. The van der Waals surface area contributed by atoms with Crippen LogP contribution in [0.1, 0.15) is 6.42 Å². The average Bonchev–Trinajstić information content (AvgIpc) is 2.35. The molecule has 0 bridgehead atoms. The number of hydrogen-bond acceptors (Lipinski definition) is 6. The lowest BCUT2D eigenvalue weighted by molar-refractivity contribution is -0.120. The second-order valence-electron chi connectivity index (χ2n) is 3.23.